The number of primary amides is 1. The minimum Gasteiger partial charge on any atom is -0.351 e. The van der Waals surface area contributed by atoms with Gasteiger partial charge in [0, 0.05) is 31.4 Å². The molecule has 6 heteroatoms. The first-order valence-corrected chi connectivity index (χ1v) is 10.2. The summed E-state index contributed by atoms with van der Waals surface area (Å²) >= 11 is 1.95. The Morgan fingerprint density at radius 3 is 2.52 bits per heavy atom. The molecule has 0 unspecified atom stereocenters. The normalized spacial score (nSPS) is 15.6. The maximum absolute atomic E-state index is 11.0. The van der Waals surface area contributed by atoms with Gasteiger partial charge in [-0.05, 0) is 79.3 Å². The predicted molar refractivity (Wildman–Crippen MR) is 115 cm³/mol. The number of hydrogen-bond acceptors (Lipinski definition) is 4. The molecule has 3 aliphatic rings. The van der Waals surface area contributed by atoms with Crippen molar-refractivity contribution >= 4 is 29.8 Å². The lowest BCUT2D eigenvalue weighted by atomic mass is 9.83. The zero-order valence-corrected chi connectivity index (χ0v) is 16.6. The van der Waals surface area contributed by atoms with Gasteiger partial charge in [-0.15, -0.1) is 11.3 Å². The van der Waals surface area contributed by atoms with E-state index in [-0.39, 0.29) is 2.85 Å². The highest BCUT2D eigenvalue weighted by atomic mass is 32.1. The van der Waals surface area contributed by atoms with Crippen LogP contribution in [-0.2, 0) is 43.4 Å². The number of urea groups is 1. The van der Waals surface area contributed by atoms with Crippen LogP contribution in [0.25, 0.3) is 0 Å². The molecule has 2 aromatic rings. The van der Waals surface area contributed by atoms with Crippen molar-refractivity contribution in [3.8, 4) is 0 Å². The number of nitrogens with one attached hydrogen (secondary N) is 2. The Morgan fingerprint density at radius 2 is 1.85 bits per heavy atom. The number of amides is 2. The molecule has 5 rings (SSSR count). The largest absolute Gasteiger partial charge is 0.351 e. The van der Waals surface area contributed by atoms with Gasteiger partial charge in [0.2, 0.25) is 0 Å². The maximum atomic E-state index is 11.0. The second kappa shape index (κ2) is 8.67. The summed E-state index contributed by atoms with van der Waals surface area (Å²) in [7, 11) is 0. The topological polar surface area (TPSA) is 84.2 Å². The van der Waals surface area contributed by atoms with E-state index in [4.69, 9.17) is 10.5 Å². The summed E-state index contributed by atoms with van der Waals surface area (Å²) < 4.78 is 0. The number of anilines is 1. The predicted octanol–water partition coefficient (Wildman–Crippen LogP) is 3.77. The van der Waals surface area contributed by atoms with Crippen molar-refractivity contribution in [2.75, 3.05) is 11.9 Å². The van der Waals surface area contributed by atoms with Gasteiger partial charge in [-0.2, -0.15) is 0 Å². The van der Waals surface area contributed by atoms with E-state index in [1.165, 1.54) is 45.5 Å². The smallest absolute Gasteiger partial charge is 0.316 e. The van der Waals surface area contributed by atoms with E-state index < -0.39 is 6.03 Å². The SMILES string of the molecule is C=O.Cc1cc2c(s1)CCNC2.NC(=O)Nc1c2c(cc3c1CC3)CCC2.[HH].[HH]. The molecule has 4 N–H and O–H groups in total. The fraction of sp³-hybridized carbons (Fsp3) is 0.429. The Labute approximate surface area is 167 Å². The third kappa shape index (κ3) is 4.22. The van der Waals surface area contributed by atoms with Crippen LogP contribution in [0.4, 0.5) is 10.5 Å². The average Bonchev–Trinajstić information content (AvgIpc) is 3.24. The number of rotatable bonds is 1. The van der Waals surface area contributed by atoms with Gasteiger partial charge in [-0.25, -0.2) is 4.79 Å². The van der Waals surface area contributed by atoms with Crippen molar-refractivity contribution in [1.29, 1.82) is 0 Å². The molecule has 0 bridgehead atoms. The van der Waals surface area contributed by atoms with E-state index in [0.29, 0.717) is 0 Å². The Hall–Kier alpha value is -2.18. The first kappa shape index (κ1) is 19.6. The molecule has 0 saturated heterocycles. The highest BCUT2D eigenvalue weighted by Crippen LogP contribution is 2.39. The molecule has 0 radical (unpaired) electrons. The third-order valence-electron chi connectivity index (χ3n) is 5.36. The molecule has 2 heterocycles. The van der Waals surface area contributed by atoms with E-state index in [2.05, 4.69) is 29.7 Å². The molecule has 27 heavy (non-hydrogen) atoms. The van der Waals surface area contributed by atoms with Crippen LogP contribution in [0.5, 0.6) is 0 Å². The summed E-state index contributed by atoms with van der Waals surface area (Å²) in [6, 6.07) is 4.17. The van der Waals surface area contributed by atoms with Gasteiger partial charge < -0.3 is 21.2 Å². The summed E-state index contributed by atoms with van der Waals surface area (Å²) in [4.78, 5) is 22.0. The molecule has 0 atom stereocenters. The van der Waals surface area contributed by atoms with Crippen LogP contribution >= 0.6 is 11.3 Å². The quantitative estimate of drug-likeness (QED) is 0.694. The van der Waals surface area contributed by atoms with Crippen LogP contribution in [0.3, 0.4) is 0 Å². The van der Waals surface area contributed by atoms with Gasteiger partial charge in [0.1, 0.15) is 6.79 Å². The van der Waals surface area contributed by atoms with Gasteiger partial charge >= 0.3 is 6.03 Å². The Kier molecular flexibility index (Phi) is 6.29. The summed E-state index contributed by atoms with van der Waals surface area (Å²) in [5, 5.41) is 6.17. The molecule has 148 valence electrons. The molecule has 0 saturated carbocycles. The fourth-order valence-electron chi connectivity index (χ4n) is 4.12. The molecule has 1 aliphatic heterocycles. The second-order valence-electron chi connectivity index (χ2n) is 7.10. The zero-order valence-electron chi connectivity index (χ0n) is 15.8. The van der Waals surface area contributed by atoms with Crippen molar-refractivity contribution in [2.45, 2.75) is 52.0 Å². The van der Waals surface area contributed by atoms with Gasteiger partial charge in [0.25, 0.3) is 0 Å². The van der Waals surface area contributed by atoms with E-state index in [1.54, 1.807) is 4.88 Å². The van der Waals surface area contributed by atoms with Crippen molar-refractivity contribution < 1.29 is 12.4 Å². The molecular weight excluding hydrogens is 358 g/mol. The standard InChI is InChI=1S/C12H14N2O.C8H11NS.CH2O.2H2/c13-12(15)14-11-9-3-1-2-7(9)6-8-4-5-10(8)11;1-6-4-7-5-9-3-2-8(7)10-6;1-2;;/h6H,1-5H2,(H3,13,14,15);4,9H,2-3,5H2,1H3;1H2;2*1H. The van der Waals surface area contributed by atoms with Crippen LogP contribution in [0.2, 0.25) is 0 Å². The van der Waals surface area contributed by atoms with Crippen molar-refractivity contribution in [2.24, 2.45) is 5.73 Å². The molecular formula is C21H31N3O2S. The monoisotopic (exact) mass is 389 g/mol. The van der Waals surface area contributed by atoms with Crippen LogP contribution in [-0.4, -0.2) is 19.4 Å². The summed E-state index contributed by atoms with van der Waals surface area (Å²) in [5.74, 6) is 0. The van der Waals surface area contributed by atoms with Crippen LogP contribution in [0, 0.1) is 6.92 Å². The van der Waals surface area contributed by atoms with Gasteiger partial charge in [-0.3, -0.25) is 0 Å². The highest BCUT2D eigenvalue weighted by molar-refractivity contribution is 7.12. The van der Waals surface area contributed by atoms with Crippen molar-refractivity contribution in [3.05, 3.63) is 49.7 Å². The van der Waals surface area contributed by atoms with E-state index in [0.717, 1.165) is 44.5 Å². The van der Waals surface area contributed by atoms with Crippen LogP contribution < -0.4 is 16.4 Å². The summed E-state index contributed by atoms with van der Waals surface area (Å²) in [6.45, 7) is 6.43. The minimum atomic E-state index is -0.440. The molecule has 2 amide bonds. The maximum Gasteiger partial charge on any atom is 0.316 e. The van der Waals surface area contributed by atoms with E-state index in [1.807, 2.05) is 18.1 Å². The van der Waals surface area contributed by atoms with Gasteiger partial charge in [0.05, 0.1) is 0 Å². The molecule has 0 spiro atoms. The summed E-state index contributed by atoms with van der Waals surface area (Å²) in [6.07, 6.45) is 6.89. The Morgan fingerprint density at radius 1 is 1.11 bits per heavy atom. The average molecular weight is 390 g/mol. The number of hydrogen-bond donors (Lipinski definition) is 3. The number of carbonyl (C=O) groups excluding carboxylic acids is 2. The number of aryl methyl sites for hydroxylation is 3. The highest BCUT2D eigenvalue weighted by Gasteiger charge is 2.25. The third-order valence-corrected chi connectivity index (χ3v) is 6.51. The lowest BCUT2D eigenvalue weighted by Gasteiger charge is -2.25. The van der Waals surface area contributed by atoms with E-state index in [9.17, 15) is 4.79 Å². The number of fused-ring (bicyclic) bond motifs is 3. The zero-order chi connectivity index (χ0) is 19.4. The van der Waals surface area contributed by atoms with Crippen molar-refractivity contribution in [3.63, 3.8) is 0 Å². The molecule has 1 aromatic heterocycles. The van der Waals surface area contributed by atoms with Gasteiger partial charge in [-0.1, -0.05) is 6.07 Å². The van der Waals surface area contributed by atoms with Crippen molar-refractivity contribution in [1.82, 2.24) is 5.32 Å². The number of thiophene rings is 1. The first-order valence-electron chi connectivity index (χ1n) is 9.42. The van der Waals surface area contributed by atoms with Crippen LogP contribution in [0.1, 0.15) is 46.8 Å². The van der Waals surface area contributed by atoms with Gasteiger partial charge in [0.15, 0.2) is 0 Å². The number of carbonyl (C=O) groups is 2. The lowest BCUT2D eigenvalue weighted by Crippen LogP contribution is -2.24. The summed E-state index contributed by atoms with van der Waals surface area (Å²) in [5.41, 5.74) is 13.2. The lowest BCUT2D eigenvalue weighted by molar-refractivity contribution is -0.0979. The molecule has 2 aliphatic carbocycles. The molecule has 1 aromatic carbocycles. The number of nitrogens with two attached hydrogens (primary N) is 1. The Bertz CT molecular complexity index is 831. The first-order chi connectivity index (χ1) is 13.1. The molecule has 0 fully saturated rings. The second-order valence-corrected chi connectivity index (χ2v) is 8.44. The van der Waals surface area contributed by atoms with E-state index >= 15 is 0 Å². The van der Waals surface area contributed by atoms with Crippen LogP contribution in [0.15, 0.2) is 12.1 Å². The Balaban J connectivity index is 0.000000265. The fourth-order valence-corrected chi connectivity index (χ4v) is 5.18. The molecule has 5 nitrogen and oxygen atoms in total. The minimum absolute atomic E-state index is 0. The number of benzene rings is 1.